The Hall–Kier alpha value is -2.33. The largest absolute Gasteiger partial charge is 0.306 e. The lowest BCUT2D eigenvalue weighted by Crippen LogP contribution is -2.50. The van der Waals surface area contributed by atoms with Crippen LogP contribution in [0.25, 0.3) is 0 Å². The van der Waals surface area contributed by atoms with Crippen LogP contribution in [0.1, 0.15) is 19.4 Å². The molecule has 2 aromatic carbocycles. The minimum atomic E-state index is -0.0958. The highest BCUT2D eigenvalue weighted by molar-refractivity contribution is 6.30. The van der Waals surface area contributed by atoms with Crippen molar-refractivity contribution in [2.45, 2.75) is 26.3 Å². The third-order valence-corrected chi connectivity index (χ3v) is 4.33. The summed E-state index contributed by atoms with van der Waals surface area (Å²) in [6.45, 7) is 4.02. The van der Waals surface area contributed by atoms with Crippen LogP contribution in [-0.4, -0.2) is 24.4 Å². The van der Waals surface area contributed by atoms with Gasteiger partial charge in [0.25, 0.3) is 0 Å². The Labute approximate surface area is 146 Å². The number of benzene rings is 2. The molecule has 0 aliphatic carbocycles. The number of carbonyl (C=O) groups is 2. The molecule has 0 aromatic heterocycles. The number of amides is 2. The van der Waals surface area contributed by atoms with E-state index in [-0.39, 0.29) is 30.8 Å². The predicted octanol–water partition coefficient (Wildman–Crippen LogP) is 3.67. The number of nitrogens with zero attached hydrogens (tertiary/aromatic N) is 2. The highest BCUT2D eigenvalue weighted by Gasteiger charge is 2.33. The van der Waals surface area contributed by atoms with Gasteiger partial charge < -0.3 is 9.80 Å². The number of hydrogen-bond donors (Lipinski definition) is 0. The fourth-order valence-corrected chi connectivity index (χ4v) is 3.11. The Morgan fingerprint density at radius 3 is 2.33 bits per heavy atom. The van der Waals surface area contributed by atoms with Crippen LogP contribution in [0.4, 0.5) is 11.4 Å². The average molecular weight is 343 g/mol. The molecule has 124 valence electrons. The highest BCUT2D eigenvalue weighted by Crippen LogP contribution is 2.34. The first-order chi connectivity index (χ1) is 11.5. The van der Waals surface area contributed by atoms with Crippen LogP contribution in [0.2, 0.25) is 5.02 Å². The fourth-order valence-electron chi connectivity index (χ4n) is 2.99. The van der Waals surface area contributed by atoms with Gasteiger partial charge in [-0.2, -0.15) is 0 Å². The van der Waals surface area contributed by atoms with E-state index >= 15 is 0 Å². The predicted molar refractivity (Wildman–Crippen MR) is 96.6 cm³/mol. The van der Waals surface area contributed by atoms with Crippen LogP contribution in [0.15, 0.2) is 48.5 Å². The number of carbonyl (C=O) groups excluding carboxylic acids is 2. The van der Waals surface area contributed by atoms with Crippen molar-refractivity contribution in [3.63, 3.8) is 0 Å². The van der Waals surface area contributed by atoms with E-state index in [1.807, 2.05) is 50.2 Å². The third kappa shape index (κ3) is 3.15. The first-order valence-corrected chi connectivity index (χ1v) is 8.31. The first-order valence-electron chi connectivity index (χ1n) is 7.93. The molecule has 0 spiro atoms. The summed E-state index contributed by atoms with van der Waals surface area (Å²) in [6, 6.07) is 14.8. The molecule has 0 fully saturated rings. The molecule has 0 saturated carbocycles. The average Bonchev–Trinajstić information content (AvgIpc) is 2.55. The minimum Gasteiger partial charge on any atom is -0.306 e. The van der Waals surface area contributed by atoms with Gasteiger partial charge in [0.1, 0.15) is 6.54 Å². The summed E-state index contributed by atoms with van der Waals surface area (Å²) in [5.41, 5.74) is 2.44. The van der Waals surface area contributed by atoms with Gasteiger partial charge in [0.05, 0.1) is 17.8 Å². The monoisotopic (exact) mass is 342 g/mol. The number of halogens is 1. The van der Waals surface area contributed by atoms with Crippen LogP contribution in [-0.2, 0) is 16.0 Å². The van der Waals surface area contributed by atoms with Crippen LogP contribution < -0.4 is 9.80 Å². The topological polar surface area (TPSA) is 40.6 Å². The van der Waals surface area contributed by atoms with Gasteiger partial charge in [-0.25, -0.2) is 0 Å². The van der Waals surface area contributed by atoms with Gasteiger partial charge in [-0.1, -0.05) is 35.9 Å². The molecule has 24 heavy (non-hydrogen) atoms. The van der Waals surface area contributed by atoms with Crippen molar-refractivity contribution >= 4 is 34.8 Å². The van der Waals surface area contributed by atoms with Crippen LogP contribution in [0.5, 0.6) is 0 Å². The SMILES string of the molecule is CC(C)N1C(=O)CN(C(=O)Cc2ccc(Cl)cc2)c2ccccc21. The van der Waals surface area contributed by atoms with Gasteiger partial charge in [0, 0.05) is 11.1 Å². The van der Waals surface area contributed by atoms with Crippen molar-refractivity contribution in [3.8, 4) is 0 Å². The van der Waals surface area contributed by atoms with Gasteiger partial charge in [-0.15, -0.1) is 0 Å². The van der Waals surface area contributed by atoms with Gasteiger partial charge in [-0.3, -0.25) is 9.59 Å². The van der Waals surface area contributed by atoms with Crippen molar-refractivity contribution in [1.29, 1.82) is 0 Å². The van der Waals surface area contributed by atoms with E-state index in [0.29, 0.717) is 5.02 Å². The van der Waals surface area contributed by atoms with Crippen LogP contribution in [0.3, 0.4) is 0 Å². The summed E-state index contributed by atoms with van der Waals surface area (Å²) >= 11 is 5.88. The zero-order chi connectivity index (χ0) is 17.3. The molecule has 1 aliphatic heterocycles. The molecule has 0 unspecified atom stereocenters. The van der Waals surface area contributed by atoms with E-state index in [2.05, 4.69) is 0 Å². The number of fused-ring (bicyclic) bond motifs is 1. The molecule has 3 rings (SSSR count). The summed E-state index contributed by atoms with van der Waals surface area (Å²) in [5.74, 6) is -0.158. The molecule has 1 aliphatic rings. The Bertz CT molecular complexity index is 771. The maximum absolute atomic E-state index is 12.8. The van der Waals surface area contributed by atoms with E-state index in [1.165, 1.54) is 0 Å². The second-order valence-corrected chi connectivity index (χ2v) is 6.57. The molecule has 1 heterocycles. The zero-order valence-corrected chi connectivity index (χ0v) is 14.5. The van der Waals surface area contributed by atoms with Crippen molar-refractivity contribution < 1.29 is 9.59 Å². The smallest absolute Gasteiger partial charge is 0.247 e. The molecule has 0 bridgehead atoms. The molecule has 0 atom stereocenters. The quantitative estimate of drug-likeness (QED) is 0.854. The van der Waals surface area contributed by atoms with Crippen molar-refractivity contribution in [1.82, 2.24) is 0 Å². The lowest BCUT2D eigenvalue weighted by atomic mass is 10.1. The Kier molecular flexibility index (Phi) is 4.58. The molecular weight excluding hydrogens is 324 g/mol. The molecule has 0 N–H and O–H groups in total. The minimum absolute atomic E-state index is 0.0483. The summed E-state index contributed by atoms with van der Waals surface area (Å²) < 4.78 is 0. The molecule has 5 heteroatoms. The number of rotatable bonds is 3. The summed E-state index contributed by atoms with van der Waals surface area (Å²) in [5, 5.41) is 0.636. The second-order valence-electron chi connectivity index (χ2n) is 6.13. The Balaban J connectivity index is 1.90. The summed E-state index contributed by atoms with van der Waals surface area (Å²) in [4.78, 5) is 28.6. The standard InChI is InChI=1S/C19H19ClN2O2/c1-13(2)22-17-6-4-3-5-16(17)21(12-19(22)24)18(23)11-14-7-9-15(20)10-8-14/h3-10,13H,11-12H2,1-2H3. The van der Waals surface area contributed by atoms with E-state index < -0.39 is 0 Å². The maximum Gasteiger partial charge on any atom is 0.247 e. The Morgan fingerprint density at radius 2 is 1.71 bits per heavy atom. The molecule has 4 nitrogen and oxygen atoms in total. The van der Waals surface area contributed by atoms with E-state index in [4.69, 9.17) is 11.6 Å². The van der Waals surface area contributed by atoms with Crippen LogP contribution in [0, 0.1) is 0 Å². The second kappa shape index (κ2) is 6.65. The normalized spacial score (nSPS) is 14.1. The molecule has 2 aromatic rings. The first kappa shape index (κ1) is 16.5. The zero-order valence-electron chi connectivity index (χ0n) is 13.7. The van der Waals surface area contributed by atoms with Crippen molar-refractivity contribution in [3.05, 3.63) is 59.1 Å². The van der Waals surface area contributed by atoms with Crippen molar-refractivity contribution in [2.24, 2.45) is 0 Å². The number of para-hydroxylation sites is 2. The summed E-state index contributed by atoms with van der Waals surface area (Å²) in [6.07, 6.45) is 0.237. The lowest BCUT2D eigenvalue weighted by Gasteiger charge is -2.38. The highest BCUT2D eigenvalue weighted by atomic mass is 35.5. The van der Waals surface area contributed by atoms with E-state index in [1.54, 1.807) is 21.9 Å². The van der Waals surface area contributed by atoms with Crippen LogP contribution >= 0.6 is 11.6 Å². The maximum atomic E-state index is 12.8. The lowest BCUT2D eigenvalue weighted by molar-refractivity contribution is -0.122. The van der Waals surface area contributed by atoms with Crippen molar-refractivity contribution in [2.75, 3.05) is 16.3 Å². The van der Waals surface area contributed by atoms with E-state index in [9.17, 15) is 9.59 Å². The number of anilines is 2. The molecule has 0 saturated heterocycles. The summed E-state index contributed by atoms with van der Waals surface area (Å²) in [7, 11) is 0. The molecular formula is C19H19ClN2O2. The Morgan fingerprint density at radius 1 is 1.08 bits per heavy atom. The van der Waals surface area contributed by atoms with Gasteiger partial charge >= 0.3 is 0 Å². The third-order valence-electron chi connectivity index (χ3n) is 4.08. The molecule has 2 amide bonds. The van der Waals surface area contributed by atoms with E-state index in [0.717, 1.165) is 16.9 Å². The molecule has 0 radical (unpaired) electrons. The number of hydrogen-bond acceptors (Lipinski definition) is 2. The van der Waals surface area contributed by atoms with Gasteiger partial charge in [-0.05, 0) is 43.7 Å². The van der Waals surface area contributed by atoms with Gasteiger partial charge in [0.15, 0.2) is 0 Å². The van der Waals surface area contributed by atoms with Gasteiger partial charge in [0.2, 0.25) is 11.8 Å². The fraction of sp³-hybridized carbons (Fsp3) is 0.263.